The number of hydrogen-bond donors (Lipinski definition) is 3. The number of allylic oxidation sites excluding steroid dienone is 2. The Morgan fingerprint density at radius 2 is 2.03 bits per heavy atom. The summed E-state index contributed by atoms with van der Waals surface area (Å²) in [4.78, 5) is 14.8. The molecular weight excluding hydrogens is 418 g/mol. The summed E-state index contributed by atoms with van der Waals surface area (Å²) >= 11 is 0. The van der Waals surface area contributed by atoms with Gasteiger partial charge in [-0.2, -0.15) is 0 Å². The van der Waals surface area contributed by atoms with Crippen molar-refractivity contribution in [3.63, 3.8) is 0 Å². The summed E-state index contributed by atoms with van der Waals surface area (Å²) in [6.45, 7) is 3.85. The van der Waals surface area contributed by atoms with E-state index in [2.05, 4.69) is 27.4 Å². The SMILES string of the molecule is CC=C(C)Oc1ccc(CC(c2cc3ccccc3[nH]2)n2cc(C=CC(=O)NO)nn2)cc1. The number of benzene rings is 2. The van der Waals surface area contributed by atoms with Crippen LogP contribution < -0.4 is 10.2 Å². The summed E-state index contributed by atoms with van der Waals surface area (Å²) in [5, 5.41) is 18.2. The Kier molecular flexibility index (Phi) is 6.66. The van der Waals surface area contributed by atoms with Crippen molar-refractivity contribution in [1.29, 1.82) is 0 Å². The molecule has 2 aromatic carbocycles. The van der Waals surface area contributed by atoms with Gasteiger partial charge in [0.25, 0.3) is 5.91 Å². The average Bonchev–Trinajstić information content (AvgIpc) is 3.49. The van der Waals surface area contributed by atoms with Crippen molar-refractivity contribution in [2.75, 3.05) is 0 Å². The minimum Gasteiger partial charge on any atom is -0.462 e. The number of carbonyl (C=O) groups excluding carboxylic acids is 1. The molecule has 0 saturated carbocycles. The summed E-state index contributed by atoms with van der Waals surface area (Å²) in [6, 6.07) is 18.0. The molecule has 0 aliphatic carbocycles. The molecule has 0 aliphatic rings. The van der Waals surface area contributed by atoms with Crippen LogP contribution in [0.25, 0.3) is 17.0 Å². The minimum atomic E-state index is -0.632. The molecule has 3 N–H and O–H groups in total. The van der Waals surface area contributed by atoms with E-state index in [0.29, 0.717) is 12.1 Å². The van der Waals surface area contributed by atoms with Gasteiger partial charge in [-0.15, -0.1) is 5.10 Å². The Bertz CT molecular complexity index is 1270. The lowest BCUT2D eigenvalue weighted by atomic mass is 10.0. The van der Waals surface area contributed by atoms with Gasteiger partial charge in [0.1, 0.15) is 11.4 Å². The van der Waals surface area contributed by atoms with Crippen LogP contribution in [0.5, 0.6) is 5.75 Å². The molecule has 0 radical (unpaired) electrons. The zero-order chi connectivity index (χ0) is 23.2. The third-order valence-electron chi connectivity index (χ3n) is 5.31. The summed E-state index contributed by atoms with van der Waals surface area (Å²) in [5.41, 5.74) is 5.21. The van der Waals surface area contributed by atoms with Crippen molar-refractivity contribution >= 4 is 22.9 Å². The maximum Gasteiger partial charge on any atom is 0.267 e. The third-order valence-corrected chi connectivity index (χ3v) is 5.31. The Morgan fingerprint density at radius 1 is 1.24 bits per heavy atom. The fraction of sp³-hybridized carbons (Fsp3) is 0.160. The first kappa shape index (κ1) is 22.0. The number of nitrogens with one attached hydrogen (secondary N) is 2. The fourth-order valence-corrected chi connectivity index (χ4v) is 3.50. The van der Waals surface area contributed by atoms with Gasteiger partial charge in [0, 0.05) is 23.7 Å². The molecule has 4 aromatic rings. The normalized spacial score (nSPS) is 12.9. The van der Waals surface area contributed by atoms with E-state index < -0.39 is 5.91 Å². The van der Waals surface area contributed by atoms with Crippen LogP contribution in [0.2, 0.25) is 0 Å². The van der Waals surface area contributed by atoms with Gasteiger partial charge >= 0.3 is 0 Å². The van der Waals surface area contributed by atoms with E-state index >= 15 is 0 Å². The largest absolute Gasteiger partial charge is 0.462 e. The molecule has 2 heterocycles. The summed E-state index contributed by atoms with van der Waals surface area (Å²) in [6.07, 6.45) is 7.04. The number of rotatable bonds is 8. The van der Waals surface area contributed by atoms with Crippen molar-refractivity contribution in [2.45, 2.75) is 26.3 Å². The number of aromatic amines is 1. The van der Waals surface area contributed by atoms with Crippen LogP contribution >= 0.6 is 0 Å². The highest BCUT2D eigenvalue weighted by Crippen LogP contribution is 2.27. The number of nitrogens with zero attached hydrogens (tertiary/aromatic N) is 3. The van der Waals surface area contributed by atoms with Crippen molar-refractivity contribution in [2.24, 2.45) is 0 Å². The highest BCUT2D eigenvalue weighted by Gasteiger charge is 2.19. The van der Waals surface area contributed by atoms with Crippen LogP contribution in [0.1, 0.15) is 36.8 Å². The number of aromatic nitrogens is 4. The molecule has 0 saturated heterocycles. The van der Waals surface area contributed by atoms with Gasteiger partial charge in [0.15, 0.2) is 0 Å². The van der Waals surface area contributed by atoms with E-state index in [1.165, 1.54) is 12.2 Å². The van der Waals surface area contributed by atoms with Crippen molar-refractivity contribution in [3.05, 3.63) is 95.7 Å². The first-order valence-electron chi connectivity index (χ1n) is 10.6. The van der Waals surface area contributed by atoms with E-state index in [9.17, 15) is 4.79 Å². The minimum absolute atomic E-state index is 0.150. The summed E-state index contributed by atoms with van der Waals surface area (Å²) in [7, 11) is 0. The van der Waals surface area contributed by atoms with Gasteiger partial charge in [-0.25, -0.2) is 10.2 Å². The summed E-state index contributed by atoms with van der Waals surface area (Å²) in [5.74, 6) is 0.996. The second kappa shape index (κ2) is 9.97. The molecule has 8 heteroatoms. The smallest absolute Gasteiger partial charge is 0.267 e. The van der Waals surface area contributed by atoms with E-state index in [1.54, 1.807) is 16.4 Å². The maximum atomic E-state index is 11.3. The molecule has 33 heavy (non-hydrogen) atoms. The lowest BCUT2D eigenvalue weighted by molar-refractivity contribution is -0.124. The molecular formula is C25H25N5O3. The summed E-state index contributed by atoms with van der Waals surface area (Å²) < 4.78 is 7.53. The third kappa shape index (κ3) is 5.36. The number of fused-ring (bicyclic) bond motifs is 1. The van der Waals surface area contributed by atoms with Crippen LogP contribution in [0.3, 0.4) is 0 Å². The molecule has 168 valence electrons. The Balaban J connectivity index is 1.64. The van der Waals surface area contributed by atoms with E-state index in [-0.39, 0.29) is 6.04 Å². The Morgan fingerprint density at radius 3 is 2.76 bits per heavy atom. The molecule has 0 aliphatic heterocycles. The molecule has 4 rings (SSSR count). The molecule has 8 nitrogen and oxygen atoms in total. The lowest BCUT2D eigenvalue weighted by Crippen LogP contribution is -2.15. The van der Waals surface area contributed by atoms with Gasteiger partial charge in [-0.05, 0) is 61.2 Å². The first-order chi connectivity index (χ1) is 16.1. The van der Waals surface area contributed by atoms with Crippen LogP contribution in [0.4, 0.5) is 0 Å². The molecule has 0 bridgehead atoms. The van der Waals surface area contributed by atoms with E-state index in [1.807, 2.05) is 62.4 Å². The lowest BCUT2D eigenvalue weighted by Gasteiger charge is -2.16. The number of hydroxylamine groups is 1. The number of para-hydroxylation sites is 1. The molecule has 1 amide bonds. The number of hydrogen-bond acceptors (Lipinski definition) is 5. The quantitative estimate of drug-likeness (QED) is 0.162. The fourth-order valence-electron chi connectivity index (χ4n) is 3.50. The highest BCUT2D eigenvalue weighted by atomic mass is 16.5. The van der Waals surface area contributed by atoms with Crippen molar-refractivity contribution in [3.8, 4) is 5.75 Å². The number of ether oxygens (including phenoxy) is 1. The first-order valence-corrected chi connectivity index (χ1v) is 10.6. The van der Waals surface area contributed by atoms with Gasteiger partial charge in [0.2, 0.25) is 0 Å². The second-order valence-corrected chi connectivity index (χ2v) is 7.61. The zero-order valence-corrected chi connectivity index (χ0v) is 18.4. The molecule has 0 fully saturated rings. The zero-order valence-electron chi connectivity index (χ0n) is 18.4. The Hall–Kier alpha value is -4.17. The molecule has 1 atom stereocenters. The molecule has 1 unspecified atom stereocenters. The van der Waals surface area contributed by atoms with Crippen molar-refractivity contribution in [1.82, 2.24) is 25.5 Å². The number of H-pyrrole nitrogens is 1. The number of carbonyl (C=O) groups is 1. The monoisotopic (exact) mass is 443 g/mol. The highest BCUT2D eigenvalue weighted by molar-refractivity contribution is 5.90. The molecule has 0 spiro atoms. The number of amides is 1. The van der Waals surface area contributed by atoms with Crippen LogP contribution in [-0.2, 0) is 11.2 Å². The molecule has 2 aromatic heterocycles. The second-order valence-electron chi connectivity index (χ2n) is 7.61. The van der Waals surface area contributed by atoms with Crippen LogP contribution in [0, 0.1) is 0 Å². The van der Waals surface area contributed by atoms with Crippen LogP contribution in [-0.4, -0.2) is 31.1 Å². The van der Waals surface area contributed by atoms with Gasteiger partial charge < -0.3 is 9.72 Å². The van der Waals surface area contributed by atoms with Crippen LogP contribution in [0.15, 0.2) is 78.7 Å². The predicted molar refractivity (Wildman–Crippen MR) is 126 cm³/mol. The standard InChI is InChI=1S/C25H25N5O3/c1-3-17(2)33-21-11-8-18(9-12-21)14-24(23-15-19-6-4-5-7-22(19)26-23)30-16-20(27-29-30)10-13-25(31)28-32/h3-13,15-16,24,26,32H,14H2,1-2H3,(H,28,31). The van der Waals surface area contributed by atoms with Gasteiger partial charge in [-0.1, -0.05) is 35.5 Å². The predicted octanol–water partition coefficient (Wildman–Crippen LogP) is 4.41. The topological polar surface area (TPSA) is 105 Å². The van der Waals surface area contributed by atoms with E-state index in [4.69, 9.17) is 9.94 Å². The van der Waals surface area contributed by atoms with Gasteiger partial charge in [-0.3, -0.25) is 10.0 Å². The van der Waals surface area contributed by atoms with E-state index in [0.717, 1.165) is 33.7 Å². The average molecular weight is 444 g/mol. The Labute approximate surface area is 191 Å². The van der Waals surface area contributed by atoms with Gasteiger partial charge in [0.05, 0.1) is 18.0 Å². The van der Waals surface area contributed by atoms with Crippen molar-refractivity contribution < 1.29 is 14.7 Å². The maximum absolute atomic E-state index is 11.3.